The molecule has 0 N–H and O–H groups in total. The van der Waals surface area contributed by atoms with Crippen molar-refractivity contribution in [3.05, 3.63) is 341 Å². The standard InChI is InChI=1S/C48H36.C36H37BO2.C18H11Cl/c1-47(2)43-12-8-7-11-38(43)39-22-18-33(27-44(39)47)34-19-24-41-40-23-17-32(26-45(40)48(3,4)46(41)28-34)31-14-13-30-16-20-36-35-10-6-5-9-29(35)15-21-37(36)42(30)25-31;1-33(2)29-12-10-9-11-25(29)26-16-13-22(19-30(26)33)23-14-17-27-28-18-15-24(21-32(28)34(3,4)31(27)20-23)37-38-35(5,6)36(7,8)39-37;19-14-8-5-13-7-9-16-15-4-2-1-3-12(15)6-10-17(16)18(13)11-14/h5-28H,1-4H3;9-21H,1-8H3;1-11H. The first-order chi connectivity index (χ1) is 50.9. The van der Waals surface area contributed by atoms with Crippen LogP contribution in [0.15, 0.2) is 291 Å². The Morgan fingerprint density at radius 3 is 0.896 bits per heavy atom. The lowest BCUT2D eigenvalue weighted by molar-refractivity contribution is 0.00578. The molecule has 0 aromatic heterocycles. The maximum atomic E-state index is 6.39. The summed E-state index contributed by atoms with van der Waals surface area (Å²) in [6, 6.07) is 108. The first kappa shape index (κ1) is 66.1. The van der Waals surface area contributed by atoms with E-state index in [0.29, 0.717) is 0 Å². The molecular formula is C102H84BClO2. The minimum atomic E-state index is -0.353. The van der Waals surface area contributed by atoms with Crippen LogP contribution in [0.2, 0.25) is 5.02 Å². The third-order valence-corrected chi connectivity index (χ3v) is 25.8. The monoisotopic (exact) mass is 1390 g/mol. The van der Waals surface area contributed by atoms with Crippen molar-refractivity contribution in [3.8, 4) is 77.9 Å². The summed E-state index contributed by atoms with van der Waals surface area (Å²) in [5.74, 6) is 0. The van der Waals surface area contributed by atoms with Crippen molar-refractivity contribution in [2.24, 2.45) is 0 Å². The van der Waals surface area contributed by atoms with Gasteiger partial charge in [0.25, 0.3) is 0 Å². The highest BCUT2D eigenvalue weighted by atomic mass is 35.5. The van der Waals surface area contributed by atoms with E-state index in [4.69, 9.17) is 20.9 Å². The van der Waals surface area contributed by atoms with Gasteiger partial charge in [-0.3, -0.25) is 0 Å². The maximum Gasteiger partial charge on any atom is 0.494 e. The van der Waals surface area contributed by atoms with Gasteiger partial charge in [-0.15, -0.1) is 0 Å². The van der Waals surface area contributed by atoms with Crippen molar-refractivity contribution < 1.29 is 9.31 Å². The van der Waals surface area contributed by atoms with Gasteiger partial charge in [0.05, 0.1) is 11.2 Å². The molecule has 16 aromatic rings. The molecule has 1 fully saturated rings. The molecule has 0 unspecified atom stereocenters. The summed E-state index contributed by atoms with van der Waals surface area (Å²) < 4.78 is 12.8. The van der Waals surface area contributed by atoms with Gasteiger partial charge in [0.15, 0.2) is 0 Å². The lowest BCUT2D eigenvalue weighted by atomic mass is 9.74. The molecule has 1 heterocycles. The zero-order valence-corrected chi connectivity index (χ0v) is 63.2. The van der Waals surface area contributed by atoms with Crippen molar-refractivity contribution in [3.63, 3.8) is 0 Å². The van der Waals surface area contributed by atoms with Crippen molar-refractivity contribution in [1.29, 1.82) is 0 Å². The molecule has 0 spiro atoms. The molecule has 1 aliphatic heterocycles. The zero-order valence-electron chi connectivity index (χ0n) is 62.5. The van der Waals surface area contributed by atoms with E-state index in [0.717, 1.165) is 10.5 Å². The molecule has 0 amide bonds. The molecule has 16 aromatic carbocycles. The number of rotatable bonds is 4. The fourth-order valence-electron chi connectivity index (χ4n) is 18.7. The first-order valence-electron chi connectivity index (χ1n) is 37.7. The van der Waals surface area contributed by atoms with Crippen molar-refractivity contribution >= 4 is 88.8 Å². The topological polar surface area (TPSA) is 18.5 Å². The molecule has 106 heavy (non-hydrogen) atoms. The van der Waals surface area contributed by atoms with E-state index in [1.54, 1.807) is 0 Å². The van der Waals surface area contributed by atoms with Crippen LogP contribution in [0.4, 0.5) is 0 Å². The summed E-state index contributed by atoms with van der Waals surface area (Å²) in [5, 5.41) is 16.2. The van der Waals surface area contributed by atoms with Gasteiger partial charge in [-0.25, -0.2) is 0 Å². The fraction of sp³-hybridized carbons (Fsp3) is 0.176. The molecule has 0 saturated carbocycles. The van der Waals surface area contributed by atoms with Gasteiger partial charge in [0, 0.05) is 26.7 Å². The number of hydrogen-bond donors (Lipinski definition) is 0. The Hall–Kier alpha value is -10.6. The van der Waals surface area contributed by atoms with Crippen molar-refractivity contribution in [2.45, 2.75) is 116 Å². The van der Waals surface area contributed by atoms with Crippen LogP contribution in [0, 0.1) is 0 Å². The van der Waals surface area contributed by atoms with Crippen LogP contribution < -0.4 is 5.46 Å². The van der Waals surface area contributed by atoms with Gasteiger partial charge in [-0.1, -0.05) is 310 Å². The summed E-state index contributed by atoms with van der Waals surface area (Å²) in [6.45, 7) is 27.4. The van der Waals surface area contributed by atoms with E-state index in [9.17, 15) is 0 Å². The number of halogens is 1. The minimum absolute atomic E-state index is 0.00190. The van der Waals surface area contributed by atoms with Crippen LogP contribution in [-0.4, -0.2) is 18.3 Å². The number of hydrogen-bond acceptors (Lipinski definition) is 2. The first-order valence-corrected chi connectivity index (χ1v) is 38.1. The van der Waals surface area contributed by atoms with Crippen LogP contribution >= 0.6 is 11.6 Å². The predicted octanol–water partition coefficient (Wildman–Crippen LogP) is 27.2. The molecule has 514 valence electrons. The van der Waals surface area contributed by atoms with E-state index in [1.807, 2.05) is 12.1 Å². The Morgan fingerprint density at radius 1 is 0.217 bits per heavy atom. The zero-order chi connectivity index (χ0) is 72.7. The minimum Gasteiger partial charge on any atom is -0.399 e. The van der Waals surface area contributed by atoms with Gasteiger partial charge in [-0.05, 0) is 269 Å². The van der Waals surface area contributed by atoms with Gasteiger partial charge in [0.1, 0.15) is 0 Å². The summed E-state index contributed by atoms with van der Waals surface area (Å²) in [4.78, 5) is 0. The molecule has 1 saturated heterocycles. The molecule has 0 radical (unpaired) electrons. The Labute approximate surface area is 628 Å². The molecular weight excluding hydrogens is 1300 g/mol. The average molecular weight is 1390 g/mol. The molecule has 0 atom stereocenters. The molecule has 4 aliphatic carbocycles. The van der Waals surface area contributed by atoms with Crippen LogP contribution in [0.25, 0.3) is 143 Å². The third kappa shape index (κ3) is 10.1. The lowest BCUT2D eigenvalue weighted by Crippen LogP contribution is -2.41. The highest BCUT2D eigenvalue weighted by Gasteiger charge is 2.52. The van der Waals surface area contributed by atoms with E-state index in [2.05, 4.69) is 362 Å². The van der Waals surface area contributed by atoms with E-state index in [-0.39, 0.29) is 40.0 Å². The van der Waals surface area contributed by atoms with Gasteiger partial charge in [-0.2, -0.15) is 0 Å². The van der Waals surface area contributed by atoms with Crippen LogP contribution in [0.3, 0.4) is 0 Å². The highest BCUT2D eigenvalue weighted by Crippen LogP contribution is 2.56. The second-order valence-electron chi connectivity index (χ2n) is 33.5. The quantitative estimate of drug-likeness (QED) is 0.129. The smallest absolute Gasteiger partial charge is 0.399 e. The molecule has 4 heteroatoms. The third-order valence-electron chi connectivity index (χ3n) is 25.5. The summed E-state index contributed by atoms with van der Waals surface area (Å²) in [6.07, 6.45) is 0. The van der Waals surface area contributed by atoms with Gasteiger partial charge < -0.3 is 9.31 Å². The SMILES string of the molecule is CC1(C)c2ccccc2-c2ccc(-c3ccc4c(c3)C(C)(C)c3cc(-c5ccc6ccc7c8ccccc8ccc7c6c5)ccc3-4)cc21.CC1(C)c2ccccc2-c2ccc(-c3ccc4c(c3)C(C)(C)c3cc(B5OC(C)(C)C(C)(C)O5)ccc3-4)cc21.Clc1ccc2ccc3c4ccccc4ccc3c2c1. The summed E-state index contributed by atoms with van der Waals surface area (Å²) in [7, 11) is -0.353. The highest BCUT2D eigenvalue weighted by molar-refractivity contribution is 6.62. The van der Waals surface area contributed by atoms with Gasteiger partial charge >= 0.3 is 7.12 Å². The Morgan fingerprint density at radius 2 is 0.491 bits per heavy atom. The Kier molecular flexibility index (Phi) is 14.8. The molecule has 21 rings (SSSR count). The van der Waals surface area contributed by atoms with Crippen LogP contribution in [0.5, 0.6) is 0 Å². The average Bonchev–Trinajstić information content (AvgIpc) is 1.56. The van der Waals surface area contributed by atoms with Crippen LogP contribution in [0.1, 0.15) is 128 Å². The number of benzene rings is 16. The predicted molar refractivity (Wildman–Crippen MR) is 452 cm³/mol. The second kappa shape index (κ2) is 23.7. The van der Waals surface area contributed by atoms with Crippen molar-refractivity contribution in [1.82, 2.24) is 0 Å². The fourth-order valence-corrected chi connectivity index (χ4v) is 18.9. The number of fused-ring (bicyclic) bond motifs is 22. The normalized spacial score (nSPS) is 16.3. The van der Waals surface area contributed by atoms with Crippen molar-refractivity contribution in [2.75, 3.05) is 0 Å². The molecule has 0 bridgehead atoms. The van der Waals surface area contributed by atoms with Gasteiger partial charge in [0.2, 0.25) is 0 Å². The molecule has 5 aliphatic rings. The van der Waals surface area contributed by atoms with E-state index >= 15 is 0 Å². The Bertz CT molecular complexity index is 6420. The van der Waals surface area contributed by atoms with E-state index < -0.39 is 0 Å². The van der Waals surface area contributed by atoms with E-state index in [1.165, 1.54) is 187 Å². The molecule has 2 nitrogen and oxygen atoms in total. The Balaban J connectivity index is 0.000000118. The lowest BCUT2D eigenvalue weighted by Gasteiger charge is -2.32. The summed E-state index contributed by atoms with van der Waals surface area (Å²) >= 11 is 6.14. The maximum absolute atomic E-state index is 6.39. The van der Waals surface area contributed by atoms with Crippen LogP contribution in [-0.2, 0) is 31.0 Å². The largest absolute Gasteiger partial charge is 0.494 e. The summed E-state index contributed by atoms with van der Waals surface area (Å²) in [5.41, 5.74) is 29.9. The second-order valence-corrected chi connectivity index (χ2v) is 33.9.